The molecule has 1 atom stereocenters. The number of ether oxygens (including phenoxy) is 2. The fraction of sp³-hybridized carbons (Fsp3) is 0.333. The van der Waals surface area contributed by atoms with Gasteiger partial charge >= 0.3 is 6.61 Å². The highest BCUT2D eigenvalue weighted by Crippen LogP contribution is 2.34. The minimum atomic E-state index is -2.82. The van der Waals surface area contributed by atoms with Crippen molar-refractivity contribution in [2.45, 2.75) is 12.7 Å². The van der Waals surface area contributed by atoms with Crippen LogP contribution in [0.3, 0.4) is 0 Å². The van der Waals surface area contributed by atoms with Crippen molar-refractivity contribution in [2.24, 2.45) is 5.73 Å². The Morgan fingerprint density at radius 3 is 3.00 bits per heavy atom. The Morgan fingerprint density at radius 2 is 2.29 bits per heavy atom. The number of hydrogen-bond acceptors (Lipinski definition) is 3. The number of alkyl halides is 2. The molecule has 3 nitrogen and oxygen atoms in total. The minimum Gasteiger partial charge on any atom is -0.491 e. The average molecular weight is 201 g/mol. The standard InChI is InChI=1S/C9H9F2NO2/c10-9(11)14-5-1-2-6-7(12)4-13-8(6)3-5/h1-3,7,9H,4,12H2/t7-/m0/s1. The van der Waals surface area contributed by atoms with Crippen LogP contribution in [0.25, 0.3) is 0 Å². The summed E-state index contributed by atoms with van der Waals surface area (Å²) in [5.41, 5.74) is 6.51. The molecule has 2 N–H and O–H groups in total. The third-order valence-corrected chi connectivity index (χ3v) is 2.03. The molecule has 0 bridgehead atoms. The topological polar surface area (TPSA) is 44.5 Å². The molecule has 1 aliphatic rings. The molecule has 0 aromatic heterocycles. The van der Waals surface area contributed by atoms with Crippen molar-refractivity contribution in [3.63, 3.8) is 0 Å². The first-order valence-electron chi connectivity index (χ1n) is 4.14. The molecule has 1 aromatic carbocycles. The van der Waals surface area contributed by atoms with E-state index in [-0.39, 0.29) is 11.8 Å². The Kier molecular flexibility index (Phi) is 2.25. The molecule has 76 valence electrons. The molecule has 0 fully saturated rings. The highest BCUT2D eigenvalue weighted by molar-refractivity contribution is 5.44. The highest BCUT2D eigenvalue weighted by atomic mass is 19.3. The van der Waals surface area contributed by atoms with Gasteiger partial charge in [-0.1, -0.05) is 0 Å². The lowest BCUT2D eigenvalue weighted by atomic mass is 10.1. The zero-order valence-electron chi connectivity index (χ0n) is 7.24. The van der Waals surface area contributed by atoms with E-state index in [1.54, 1.807) is 6.07 Å². The van der Waals surface area contributed by atoms with Crippen LogP contribution in [0.4, 0.5) is 8.78 Å². The quantitative estimate of drug-likeness (QED) is 0.791. The summed E-state index contributed by atoms with van der Waals surface area (Å²) in [7, 11) is 0. The van der Waals surface area contributed by atoms with Crippen LogP contribution >= 0.6 is 0 Å². The molecule has 14 heavy (non-hydrogen) atoms. The van der Waals surface area contributed by atoms with E-state index >= 15 is 0 Å². The molecule has 1 aliphatic heterocycles. The summed E-state index contributed by atoms with van der Waals surface area (Å²) in [5.74, 6) is 0.614. The van der Waals surface area contributed by atoms with Crippen LogP contribution in [0.15, 0.2) is 18.2 Å². The van der Waals surface area contributed by atoms with Crippen molar-refractivity contribution in [1.29, 1.82) is 0 Å². The van der Waals surface area contributed by atoms with Gasteiger partial charge in [0.05, 0.1) is 6.04 Å². The number of halogens is 2. The van der Waals surface area contributed by atoms with Gasteiger partial charge in [-0.25, -0.2) is 0 Å². The van der Waals surface area contributed by atoms with Gasteiger partial charge in [0, 0.05) is 11.6 Å². The predicted molar refractivity (Wildman–Crippen MR) is 45.5 cm³/mol. The van der Waals surface area contributed by atoms with Gasteiger partial charge in [0.1, 0.15) is 18.1 Å². The maximum atomic E-state index is 11.9. The lowest BCUT2D eigenvalue weighted by Crippen LogP contribution is -2.10. The smallest absolute Gasteiger partial charge is 0.387 e. The average Bonchev–Trinajstić information content (AvgIpc) is 2.46. The van der Waals surface area contributed by atoms with Crippen LogP contribution < -0.4 is 15.2 Å². The number of nitrogens with two attached hydrogens (primary N) is 1. The van der Waals surface area contributed by atoms with Gasteiger partial charge in [0.25, 0.3) is 0 Å². The second kappa shape index (κ2) is 3.42. The van der Waals surface area contributed by atoms with Gasteiger partial charge in [0.2, 0.25) is 0 Å². The SMILES string of the molecule is N[C@H]1COc2cc(OC(F)F)ccc21. The Balaban J connectivity index is 2.24. The largest absolute Gasteiger partial charge is 0.491 e. The Labute approximate surface area is 79.4 Å². The van der Waals surface area contributed by atoms with Gasteiger partial charge in [-0.15, -0.1) is 0 Å². The monoisotopic (exact) mass is 201 g/mol. The number of rotatable bonds is 2. The number of benzene rings is 1. The maximum Gasteiger partial charge on any atom is 0.387 e. The molecule has 0 unspecified atom stereocenters. The van der Waals surface area contributed by atoms with Crippen LogP contribution in [0.1, 0.15) is 11.6 Å². The summed E-state index contributed by atoms with van der Waals surface area (Å²) >= 11 is 0. The molecule has 0 amide bonds. The van der Waals surface area contributed by atoms with Crippen molar-refractivity contribution in [3.05, 3.63) is 23.8 Å². The lowest BCUT2D eigenvalue weighted by Gasteiger charge is -2.06. The summed E-state index contributed by atoms with van der Waals surface area (Å²) < 4.78 is 33.1. The predicted octanol–water partition coefficient (Wildman–Crippen LogP) is 1.68. The first kappa shape index (κ1) is 9.21. The van der Waals surface area contributed by atoms with Gasteiger partial charge in [-0.05, 0) is 12.1 Å². The van der Waals surface area contributed by atoms with E-state index in [2.05, 4.69) is 4.74 Å². The van der Waals surface area contributed by atoms with E-state index in [1.807, 2.05) is 0 Å². The van der Waals surface area contributed by atoms with E-state index in [9.17, 15) is 8.78 Å². The van der Waals surface area contributed by atoms with Crippen molar-refractivity contribution < 1.29 is 18.3 Å². The van der Waals surface area contributed by atoms with Crippen molar-refractivity contribution in [2.75, 3.05) is 6.61 Å². The molecule has 0 spiro atoms. The fourth-order valence-electron chi connectivity index (χ4n) is 1.39. The summed E-state index contributed by atoms with van der Waals surface area (Å²) in [6, 6.07) is 4.35. The first-order chi connectivity index (χ1) is 6.66. The van der Waals surface area contributed by atoms with Gasteiger partial charge < -0.3 is 15.2 Å². The Bertz CT molecular complexity index is 344. The lowest BCUT2D eigenvalue weighted by molar-refractivity contribution is -0.0499. The molecule has 0 saturated heterocycles. The summed E-state index contributed by atoms with van der Waals surface area (Å²) in [4.78, 5) is 0. The Hall–Kier alpha value is -1.36. The van der Waals surface area contributed by atoms with Crippen LogP contribution in [0.2, 0.25) is 0 Å². The third kappa shape index (κ3) is 1.63. The number of hydrogen-bond donors (Lipinski definition) is 1. The van der Waals surface area contributed by atoms with Crippen molar-refractivity contribution in [1.82, 2.24) is 0 Å². The second-order valence-corrected chi connectivity index (χ2v) is 3.00. The van der Waals surface area contributed by atoms with E-state index in [4.69, 9.17) is 10.5 Å². The third-order valence-electron chi connectivity index (χ3n) is 2.03. The van der Waals surface area contributed by atoms with Crippen LogP contribution in [0.5, 0.6) is 11.5 Å². The maximum absolute atomic E-state index is 11.9. The van der Waals surface area contributed by atoms with E-state index < -0.39 is 6.61 Å². The highest BCUT2D eigenvalue weighted by Gasteiger charge is 2.21. The van der Waals surface area contributed by atoms with E-state index in [0.29, 0.717) is 12.4 Å². The van der Waals surface area contributed by atoms with Gasteiger partial charge in [-0.3, -0.25) is 0 Å². The van der Waals surface area contributed by atoms with Crippen molar-refractivity contribution in [3.8, 4) is 11.5 Å². The first-order valence-corrected chi connectivity index (χ1v) is 4.14. The van der Waals surface area contributed by atoms with Gasteiger partial charge in [-0.2, -0.15) is 8.78 Å². The molecule has 2 rings (SSSR count). The number of fused-ring (bicyclic) bond motifs is 1. The molecular formula is C9H9F2NO2. The van der Waals surface area contributed by atoms with Crippen molar-refractivity contribution >= 4 is 0 Å². The molecule has 0 radical (unpaired) electrons. The molecule has 0 saturated carbocycles. The van der Waals surface area contributed by atoms with Gasteiger partial charge in [0.15, 0.2) is 0 Å². The van der Waals surface area contributed by atoms with Crippen LogP contribution in [-0.4, -0.2) is 13.2 Å². The van der Waals surface area contributed by atoms with Crippen LogP contribution in [-0.2, 0) is 0 Å². The molecular weight excluding hydrogens is 192 g/mol. The molecule has 1 aromatic rings. The molecule has 1 heterocycles. The Morgan fingerprint density at radius 1 is 1.50 bits per heavy atom. The summed E-state index contributed by atoms with van der Waals surface area (Å²) in [6.45, 7) is -2.43. The molecule has 0 aliphatic carbocycles. The minimum absolute atomic E-state index is 0.0906. The normalized spacial score (nSPS) is 19.3. The van der Waals surface area contributed by atoms with E-state index in [1.165, 1.54) is 12.1 Å². The fourth-order valence-corrected chi connectivity index (χ4v) is 1.39. The zero-order valence-corrected chi connectivity index (χ0v) is 7.24. The summed E-state index contributed by atoms with van der Waals surface area (Å²) in [5, 5.41) is 0. The molecule has 5 heteroatoms. The van der Waals surface area contributed by atoms with Crippen LogP contribution in [0, 0.1) is 0 Å². The second-order valence-electron chi connectivity index (χ2n) is 3.00. The van der Waals surface area contributed by atoms with E-state index in [0.717, 1.165) is 5.56 Å². The summed E-state index contributed by atoms with van der Waals surface area (Å²) in [6.07, 6.45) is 0. The zero-order chi connectivity index (χ0) is 10.1.